The van der Waals surface area contributed by atoms with Crippen LogP contribution < -0.4 is 10.1 Å². The van der Waals surface area contributed by atoms with Gasteiger partial charge in [0, 0.05) is 12.1 Å². The van der Waals surface area contributed by atoms with Gasteiger partial charge in [-0.25, -0.2) is 0 Å². The van der Waals surface area contributed by atoms with E-state index >= 15 is 0 Å². The van der Waals surface area contributed by atoms with Crippen LogP contribution in [-0.2, 0) is 6.42 Å². The highest BCUT2D eigenvalue weighted by Crippen LogP contribution is 2.29. The van der Waals surface area contributed by atoms with E-state index in [1.165, 1.54) is 12.8 Å². The fraction of sp³-hybridized carbons (Fsp3) is 0.500. The Morgan fingerprint density at radius 1 is 1.27 bits per heavy atom. The Labute approximate surface area is 89.1 Å². The molecule has 0 bridgehead atoms. The average Bonchev–Trinajstić information content (AvgIpc) is 3.01. The first-order valence-electron chi connectivity index (χ1n) is 5.52. The Balaban J connectivity index is 1.75. The van der Waals surface area contributed by atoms with Crippen LogP contribution in [0, 0.1) is 0 Å². The van der Waals surface area contributed by atoms with E-state index in [-0.39, 0.29) is 0 Å². The Hall–Kier alpha value is -1.22. The van der Waals surface area contributed by atoms with Gasteiger partial charge in [-0.2, -0.15) is 0 Å². The van der Waals surface area contributed by atoms with E-state index in [0.717, 1.165) is 24.3 Å². The number of phenolic OH excluding ortho intramolecular Hbond substituents is 1. The van der Waals surface area contributed by atoms with Gasteiger partial charge in [-0.05, 0) is 43.0 Å². The minimum absolute atomic E-state index is 0.324. The number of aromatic hydroxyl groups is 1. The summed E-state index contributed by atoms with van der Waals surface area (Å²) in [5.74, 6) is 1.24. The summed E-state index contributed by atoms with van der Waals surface area (Å²) >= 11 is 0. The number of ether oxygens (including phenoxy) is 1. The molecule has 0 amide bonds. The third-order valence-corrected chi connectivity index (χ3v) is 3.00. The molecule has 0 spiro atoms. The molecule has 2 N–H and O–H groups in total. The Kier molecular flexibility index (Phi) is 2.06. The Bertz CT molecular complexity index is 374. The molecule has 1 atom stereocenters. The monoisotopic (exact) mass is 205 g/mol. The van der Waals surface area contributed by atoms with Crippen LogP contribution in [0.3, 0.4) is 0 Å². The molecule has 2 aliphatic rings. The molecule has 0 aromatic heterocycles. The average molecular weight is 205 g/mol. The molecule has 1 fully saturated rings. The van der Waals surface area contributed by atoms with Crippen LogP contribution >= 0.6 is 0 Å². The van der Waals surface area contributed by atoms with Gasteiger partial charge in [0.25, 0.3) is 0 Å². The van der Waals surface area contributed by atoms with E-state index < -0.39 is 0 Å². The van der Waals surface area contributed by atoms with Crippen LogP contribution in [0.2, 0.25) is 0 Å². The van der Waals surface area contributed by atoms with Crippen molar-refractivity contribution in [3.63, 3.8) is 0 Å². The molecule has 80 valence electrons. The van der Waals surface area contributed by atoms with E-state index in [0.29, 0.717) is 17.8 Å². The van der Waals surface area contributed by atoms with Gasteiger partial charge in [-0.15, -0.1) is 0 Å². The first-order chi connectivity index (χ1) is 7.31. The SMILES string of the molecule is Oc1ccc2c(c1)CC(NC1CC1)CO2. The van der Waals surface area contributed by atoms with Gasteiger partial charge in [0.05, 0.1) is 0 Å². The van der Waals surface area contributed by atoms with Crippen LogP contribution in [0.1, 0.15) is 18.4 Å². The first-order valence-corrected chi connectivity index (χ1v) is 5.52. The van der Waals surface area contributed by atoms with Crippen molar-refractivity contribution in [1.82, 2.24) is 5.32 Å². The highest BCUT2D eigenvalue weighted by molar-refractivity contribution is 5.41. The van der Waals surface area contributed by atoms with Gasteiger partial charge in [-0.1, -0.05) is 0 Å². The van der Waals surface area contributed by atoms with Crippen molar-refractivity contribution in [2.24, 2.45) is 0 Å². The van der Waals surface area contributed by atoms with E-state index in [2.05, 4.69) is 5.32 Å². The van der Waals surface area contributed by atoms with Gasteiger partial charge in [-0.3, -0.25) is 0 Å². The van der Waals surface area contributed by atoms with Gasteiger partial charge < -0.3 is 15.2 Å². The molecule has 3 rings (SSSR count). The minimum atomic E-state index is 0.324. The smallest absolute Gasteiger partial charge is 0.122 e. The molecule has 1 heterocycles. The molecule has 1 aliphatic heterocycles. The predicted octanol–water partition coefficient (Wildman–Crippen LogP) is 1.45. The molecule has 0 saturated heterocycles. The quantitative estimate of drug-likeness (QED) is 0.767. The van der Waals surface area contributed by atoms with Crippen molar-refractivity contribution < 1.29 is 9.84 Å². The summed E-state index contributed by atoms with van der Waals surface area (Å²) in [4.78, 5) is 0. The molecular formula is C12H15NO2. The van der Waals surface area contributed by atoms with Crippen LogP contribution in [0.5, 0.6) is 11.5 Å². The normalized spacial score (nSPS) is 24.4. The lowest BCUT2D eigenvalue weighted by atomic mass is 10.0. The summed E-state index contributed by atoms with van der Waals surface area (Å²) in [5.41, 5.74) is 1.11. The maximum atomic E-state index is 9.39. The van der Waals surface area contributed by atoms with Crippen molar-refractivity contribution in [3.8, 4) is 11.5 Å². The second-order valence-corrected chi connectivity index (χ2v) is 4.45. The van der Waals surface area contributed by atoms with Gasteiger partial charge in [0.2, 0.25) is 0 Å². The van der Waals surface area contributed by atoms with Crippen molar-refractivity contribution >= 4 is 0 Å². The lowest BCUT2D eigenvalue weighted by Gasteiger charge is -2.26. The fourth-order valence-electron chi connectivity index (χ4n) is 2.07. The summed E-state index contributed by atoms with van der Waals surface area (Å²) in [6.07, 6.45) is 3.55. The van der Waals surface area contributed by atoms with E-state index in [9.17, 15) is 5.11 Å². The molecule has 1 aliphatic carbocycles. The molecule has 1 aromatic rings. The summed E-state index contributed by atoms with van der Waals surface area (Å²) in [7, 11) is 0. The number of phenols is 1. The zero-order valence-corrected chi connectivity index (χ0v) is 8.57. The third-order valence-electron chi connectivity index (χ3n) is 3.00. The lowest BCUT2D eigenvalue weighted by Crippen LogP contribution is -2.40. The van der Waals surface area contributed by atoms with Crippen molar-refractivity contribution in [3.05, 3.63) is 23.8 Å². The number of rotatable bonds is 2. The fourth-order valence-corrected chi connectivity index (χ4v) is 2.07. The maximum absolute atomic E-state index is 9.39. The van der Waals surface area contributed by atoms with Gasteiger partial charge >= 0.3 is 0 Å². The van der Waals surface area contributed by atoms with E-state index in [1.54, 1.807) is 12.1 Å². The van der Waals surface area contributed by atoms with Crippen LogP contribution in [-0.4, -0.2) is 23.8 Å². The summed E-state index contributed by atoms with van der Waals surface area (Å²) in [6.45, 7) is 0.744. The second kappa shape index (κ2) is 3.42. The largest absolute Gasteiger partial charge is 0.508 e. The Morgan fingerprint density at radius 3 is 2.93 bits per heavy atom. The van der Waals surface area contributed by atoms with Crippen LogP contribution in [0.4, 0.5) is 0 Å². The predicted molar refractivity (Wildman–Crippen MR) is 57.3 cm³/mol. The minimum Gasteiger partial charge on any atom is -0.508 e. The summed E-state index contributed by atoms with van der Waals surface area (Å²) in [5, 5.41) is 12.9. The van der Waals surface area contributed by atoms with Crippen molar-refractivity contribution in [2.75, 3.05) is 6.61 Å². The van der Waals surface area contributed by atoms with Crippen LogP contribution in [0.15, 0.2) is 18.2 Å². The van der Waals surface area contributed by atoms with Crippen molar-refractivity contribution in [2.45, 2.75) is 31.3 Å². The molecular weight excluding hydrogens is 190 g/mol. The molecule has 1 unspecified atom stereocenters. The molecule has 1 aromatic carbocycles. The zero-order chi connectivity index (χ0) is 10.3. The van der Waals surface area contributed by atoms with E-state index in [1.807, 2.05) is 6.07 Å². The van der Waals surface area contributed by atoms with E-state index in [4.69, 9.17) is 4.74 Å². The lowest BCUT2D eigenvalue weighted by molar-refractivity contribution is 0.237. The number of nitrogens with one attached hydrogen (secondary N) is 1. The second-order valence-electron chi connectivity index (χ2n) is 4.45. The molecule has 3 nitrogen and oxygen atoms in total. The van der Waals surface area contributed by atoms with Crippen LogP contribution in [0.25, 0.3) is 0 Å². The summed E-state index contributed by atoms with van der Waals surface area (Å²) in [6, 6.07) is 6.44. The number of hydrogen-bond donors (Lipinski definition) is 2. The maximum Gasteiger partial charge on any atom is 0.122 e. The number of benzene rings is 1. The number of fused-ring (bicyclic) bond motifs is 1. The highest BCUT2D eigenvalue weighted by Gasteiger charge is 2.27. The molecule has 3 heteroatoms. The van der Waals surface area contributed by atoms with Crippen molar-refractivity contribution in [1.29, 1.82) is 0 Å². The number of hydrogen-bond acceptors (Lipinski definition) is 3. The molecule has 15 heavy (non-hydrogen) atoms. The van der Waals surface area contributed by atoms with Gasteiger partial charge in [0.15, 0.2) is 0 Å². The highest BCUT2D eigenvalue weighted by atomic mass is 16.5. The molecule has 1 saturated carbocycles. The molecule has 0 radical (unpaired) electrons. The third kappa shape index (κ3) is 1.92. The Morgan fingerprint density at radius 2 is 2.13 bits per heavy atom. The van der Waals surface area contributed by atoms with Gasteiger partial charge in [0.1, 0.15) is 18.1 Å². The standard InChI is InChI=1S/C12H15NO2/c14-11-3-4-12-8(6-11)5-10(7-15-12)13-9-1-2-9/h3-4,6,9-10,13-14H,1-2,5,7H2. The first kappa shape index (κ1) is 9.04. The zero-order valence-electron chi connectivity index (χ0n) is 8.57. The summed E-state index contributed by atoms with van der Waals surface area (Å²) < 4.78 is 5.65. The topological polar surface area (TPSA) is 41.5 Å².